The highest BCUT2D eigenvalue weighted by atomic mass is 19.1. The van der Waals surface area contributed by atoms with Gasteiger partial charge in [0, 0.05) is 37.7 Å². The van der Waals surface area contributed by atoms with Crippen LogP contribution >= 0.6 is 0 Å². The molecule has 2 aromatic carbocycles. The Morgan fingerprint density at radius 2 is 1.66 bits per heavy atom. The average molecular weight is 526 g/mol. The van der Waals surface area contributed by atoms with Crippen LogP contribution in [0.4, 0.5) is 14.9 Å². The number of nitrogens with zero attached hydrogens (tertiary/aromatic N) is 2. The van der Waals surface area contributed by atoms with Gasteiger partial charge in [-0.2, -0.15) is 0 Å². The van der Waals surface area contributed by atoms with Crippen LogP contribution in [0.25, 0.3) is 0 Å². The minimum absolute atomic E-state index is 0.0941. The van der Waals surface area contributed by atoms with Gasteiger partial charge in [-0.05, 0) is 43.9 Å². The van der Waals surface area contributed by atoms with Gasteiger partial charge in [0.1, 0.15) is 12.7 Å². The van der Waals surface area contributed by atoms with Crippen LogP contribution in [0.5, 0.6) is 0 Å². The monoisotopic (exact) mass is 525 g/mol. The van der Waals surface area contributed by atoms with Gasteiger partial charge in [-0.15, -0.1) is 0 Å². The molecule has 2 aromatic rings. The zero-order valence-corrected chi connectivity index (χ0v) is 21.0. The third kappa shape index (κ3) is 6.78. The largest absolute Gasteiger partial charge is 0.459 e. The molecular formula is C27H32FN5O5. The number of amides is 2. The van der Waals surface area contributed by atoms with Crippen LogP contribution in [0.2, 0.25) is 0 Å². The lowest BCUT2D eigenvalue weighted by molar-refractivity contribution is -0.137. The minimum Gasteiger partial charge on any atom is -0.459 e. The second kappa shape index (κ2) is 12.4. The van der Waals surface area contributed by atoms with Crippen molar-refractivity contribution >= 4 is 29.6 Å². The molecule has 202 valence electrons. The summed E-state index contributed by atoms with van der Waals surface area (Å²) in [5.41, 5.74) is 6.19. The Bertz CT molecular complexity index is 1160. The number of piperazine rings is 1. The zero-order valence-electron chi connectivity index (χ0n) is 21.0. The van der Waals surface area contributed by atoms with Crippen LogP contribution < -0.4 is 16.0 Å². The Balaban J connectivity index is 1.24. The molecule has 11 heteroatoms. The van der Waals surface area contributed by atoms with E-state index in [1.165, 1.54) is 6.07 Å². The van der Waals surface area contributed by atoms with Crippen LogP contribution in [-0.4, -0.2) is 61.1 Å². The fraction of sp³-hybridized carbons (Fsp3) is 0.407. The van der Waals surface area contributed by atoms with Crippen molar-refractivity contribution in [2.45, 2.75) is 38.4 Å². The van der Waals surface area contributed by atoms with E-state index in [4.69, 9.17) is 20.6 Å². The predicted molar refractivity (Wildman–Crippen MR) is 138 cm³/mol. The fourth-order valence-electron chi connectivity index (χ4n) is 4.86. The van der Waals surface area contributed by atoms with Crippen molar-refractivity contribution < 1.29 is 28.2 Å². The van der Waals surface area contributed by atoms with Crippen LogP contribution in [-0.2, 0) is 20.9 Å². The fourth-order valence-corrected chi connectivity index (χ4v) is 4.86. The number of esters is 1. The maximum Gasteiger partial charge on any atom is 0.414 e. The van der Waals surface area contributed by atoms with Gasteiger partial charge in [0.25, 0.3) is 0 Å². The number of nitrogens with one attached hydrogen (secondary N) is 2. The normalized spacial score (nSPS) is 19.4. The summed E-state index contributed by atoms with van der Waals surface area (Å²) in [6, 6.07) is 13.7. The number of halogens is 1. The van der Waals surface area contributed by atoms with Crippen LogP contribution in [0.15, 0.2) is 48.5 Å². The first-order valence-corrected chi connectivity index (χ1v) is 12.7. The van der Waals surface area contributed by atoms with Gasteiger partial charge in [0.15, 0.2) is 11.8 Å². The van der Waals surface area contributed by atoms with Crippen LogP contribution in [0, 0.1) is 17.1 Å². The molecule has 4 N–H and O–H groups in total. The molecule has 2 aliphatic rings. The van der Waals surface area contributed by atoms with Crippen molar-refractivity contribution in [2.24, 2.45) is 11.7 Å². The molecule has 1 aliphatic carbocycles. The molecule has 1 aliphatic heterocycles. The molecule has 1 saturated carbocycles. The summed E-state index contributed by atoms with van der Waals surface area (Å²) in [4.78, 5) is 40.7. The van der Waals surface area contributed by atoms with E-state index < -0.39 is 17.9 Å². The molecular weight excluding hydrogens is 493 g/mol. The Labute approximate surface area is 220 Å². The van der Waals surface area contributed by atoms with E-state index in [9.17, 15) is 14.4 Å². The van der Waals surface area contributed by atoms with E-state index in [1.807, 2.05) is 21.2 Å². The van der Waals surface area contributed by atoms with Crippen molar-refractivity contribution in [3.63, 3.8) is 0 Å². The highest BCUT2D eigenvalue weighted by Crippen LogP contribution is 2.30. The molecule has 4 rings (SSSR count). The molecule has 2 amide bonds. The number of hydrogen-bond donors (Lipinski definition) is 3. The Morgan fingerprint density at radius 1 is 0.974 bits per heavy atom. The van der Waals surface area contributed by atoms with Gasteiger partial charge in [0.2, 0.25) is 5.91 Å². The lowest BCUT2D eigenvalue weighted by Gasteiger charge is -2.39. The molecule has 0 spiro atoms. The van der Waals surface area contributed by atoms with E-state index >= 15 is 4.39 Å². The predicted octanol–water partition coefficient (Wildman–Crippen LogP) is 3.01. The Morgan fingerprint density at radius 3 is 2.32 bits per heavy atom. The number of carbonyl (C=O) groups excluding carboxylic acids is 3. The van der Waals surface area contributed by atoms with Gasteiger partial charge in [-0.1, -0.05) is 30.3 Å². The van der Waals surface area contributed by atoms with E-state index in [-0.39, 0.29) is 36.1 Å². The summed E-state index contributed by atoms with van der Waals surface area (Å²) < 4.78 is 25.7. The third-order valence-corrected chi connectivity index (χ3v) is 6.89. The molecule has 1 heterocycles. The average Bonchev–Trinajstić information content (AvgIpc) is 2.93. The number of guanidine groups is 1. The molecule has 0 unspecified atom stereocenters. The molecule has 0 atom stereocenters. The smallest absolute Gasteiger partial charge is 0.414 e. The Kier molecular flexibility index (Phi) is 8.77. The van der Waals surface area contributed by atoms with Crippen LogP contribution in [0.1, 0.15) is 41.6 Å². The minimum atomic E-state index is -0.933. The number of nitrogens with two attached hydrogens (primary N) is 1. The number of anilines is 1. The zero-order chi connectivity index (χ0) is 27.1. The number of hydrogen-bond acceptors (Lipinski definition) is 7. The van der Waals surface area contributed by atoms with Crippen molar-refractivity contribution in [1.82, 2.24) is 10.2 Å². The second-order valence-electron chi connectivity index (χ2n) is 9.42. The standard InChI is InChI=1S/C27H32FN5O5/c28-23-20(17-37-27(36)31-26(29)30)7-4-8-22(23)32-13-15-33(16-14-32)24(34)18-9-11-21(12-10-18)38-25(35)19-5-2-1-3-6-19/h1-8,18,21H,9-17H2,(H4,29,30,31,36)/t18-,21+. The lowest BCUT2D eigenvalue weighted by Crippen LogP contribution is -2.51. The first-order valence-electron chi connectivity index (χ1n) is 12.7. The van der Waals surface area contributed by atoms with E-state index in [2.05, 4.69) is 0 Å². The number of ether oxygens (including phenoxy) is 2. The summed E-state index contributed by atoms with van der Waals surface area (Å²) in [5.74, 6) is -1.40. The summed E-state index contributed by atoms with van der Waals surface area (Å²) in [6.45, 7) is 1.59. The lowest BCUT2D eigenvalue weighted by atomic mass is 9.86. The van der Waals surface area contributed by atoms with Crippen molar-refractivity contribution in [3.8, 4) is 0 Å². The molecule has 1 saturated heterocycles. The molecule has 0 radical (unpaired) electrons. The first-order chi connectivity index (χ1) is 18.3. The summed E-state index contributed by atoms with van der Waals surface area (Å²) in [7, 11) is 0. The number of rotatable bonds is 6. The Hall–Kier alpha value is -4.15. The maximum atomic E-state index is 15.1. The molecule has 2 fully saturated rings. The van der Waals surface area contributed by atoms with Crippen molar-refractivity contribution in [3.05, 3.63) is 65.5 Å². The quantitative estimate of drug-likeness (QED) is 0.299. The summed E-state index contributed by atoms with van der Waals surface area (Å²) in [6.07, 6.45) is 1.52. The first kappa shape index (κ1) is 26.9. The number of benzene rings is 2. The molecule has 38 heavy (non-hydrogen) atoms. The molecule has 0 bridgehead atoms. The highest BCUT2D eigenvalue weighted by Gasteiger charge is 2.33. The molecule has 10 nitrogen and oxygen atoms in total. The number of carbonyl (C=O) groups is 3. The van der Waals surface area contributed by atoms with E-state index in [0.29, 0.717) is 63.1 Å². The topological polar surface area (TPSA) is 138 Å². The highest BCUT2D eigenvalue weighted by molar-refractivity contribution is 5.91. The van der Waals surface area contributed by atoms with Crippen molar-refractivity contribution in [2.75, 3.05) is 31.1 Å². The summed E-state index contributed by atoms with van der Waals surface area (Å²) >= 11 is 0. The maximum absolute atomic E-state index is 15.1. The number of alkyl carbamates (subject to hydrolysis) is 1. The van der Waals surface area contributed by atoms with Gasteiger partial charge >= 0.3 is 12.1 Å². The van der Waals surface area contributed by atoms with Gasteiger partial charge < -0.3 is 25.0 Å². The van der Waals surface area contributed by atoms with E-state index in [1.54, 1.807) is 36.4 Å². The van der Waals surface area contributed by atoms with Crippen molar-refractivity contribution in [1.29, 1.82) is 5.41 Å². The van der Waals surface area contributed by atoms with Gasteiger partial charge in [-0.3, -0.25) is 15.5 Å². The SMILES string of the molecule is N=C(N)NC(=O)OCc1cccc(N2CCN(C(=O)[C@H]3CC[C@@H](OC(=O)c4ccccc4)CC3)CC2)c1F. The van der Waals surface area contributed by atoms with Crippen LogP contribution in [0.3, 0.4) is 0 Å². The van der Waals surface area contributed by atoms with Gasteiger partial charge in [0.05, 0.1) is 11.3 Å². The van der Waals surface area contributed by atoms with Gasteiger partial charge in [-0.25, -0.2) is 14.0 Å². The molecule has 0 aromatic heterocycles. The third-order valence-electron chi connectivity index (χ3n) is 6.89. The second-order valence-corrected chi connectivity index (χ2v) is 9.42. The van der Waals surface area contributed by atoms with E-state index in [0.717, 1.165) is 0 Å². The summed E-state index contributed by atoms with van der Waals surface area (Å²) in [5, 5.41) is 9.01.